The second-order valence-electron chi connectivity index (χ2n) is 5.51. The van der Waals surface area contributed by atoms with Gasteiger partial charge in [-0.15, -0.1) is 11.3 Å². The molecule has 1 heterocycles. The smallest absolute Gasteiger partial charge is 0.0809 e. The Morgan fingerprint density at radius 3 is 2.59 bits per heavy atom. The number of ether oxygens (including phenoxy) is 1. The van der Waals surface area contributed by atoms with Crippen molar-refractivity contribution >= 4 is 11.3 Å². The van der Waals surface area contributed by atoms with Crippen LogP contribution in [0.5, 0.6) is 0 Å². The molecule has 2 nitrogen and oxygen atoms in total. The van der Waals surface area contributed by atoms with Gasteiger partial charge in [-0.05, 0) is 30.5 Å². The highest BCUT2D eigenvalue weighted by molar-refractivity contribution is 7.11. The fourth-order valence-corrected chi connectivity index (χ4v) is 2.32. The van der Waals surface area contributed by atoms with E-state index in [2.05, 4.69) is 45.1 Å². The van der Waals surface area contributed by atoms with Crippen LogP contribution in [0.3, 0.4) is 0 Å². The molecule has 0 aliphatic carbocycles. The van der Waals surface area contributed by atoms with Crippen molar-refractivity contribution in [1.29, 1.82) is 0 Å². The highest BCUT2D eigenvalue weighted by Crippen LogP contribution is 2.20. The molecule has 17 heavy (non-hydrogen) atoms. The van der Waals surface area contributed by atoms with Gasteiger partial charge in [0, 0.05) is 22.9 Å². The van der Waals surface area contributed by atoms with E-state index in [0.29, 0.717) is 5.41 Å². The minimum atomic E-state index is 0.367. The first-order chi connectivity index (χ1) is 8.01. The largest absolute Gasteiger partial charge is 0.376 e. The van der Waals surface area contributed by atoms with E-state index in [9.17, 15) is 0 Å². The summed E-state index contributed by atoms with van der Waals surface area (Å²) in [7, 11) is 0. The Balaban J connectivity index is 2.21. The topological polar surface area (TPSA) is 21.3 Å². The summed E-state index contributed by atoms with van der Waals surface area (Å²) in [6.45, 7) is 12.5. The van der Waals surface area contributed by atoms with E-state index in [4.69, 9.17) is 4.74 Å². The lowest BCUT2D eigenvalue weighted by Crippen LogP contribution is -2.10. The van der Waals surface area contributed by atoms with Gasteiger partial charge in [-0.2, -0.15) is 0 Å². The molecular formula is C14H25NOS. The number of rotatable bonds is 7. The van der Waals surface area contributed by atoms with Gasteiger partial charge in [-0.3, -0.25) is 0 Å². The van der Waals surface area contributed by atoms with Crippen molar-refractivity contribution in [2.75, 3.05) is 13.2 Å². The third-order valence-corrected chi connectivity index (χ3v) is 3.57. The molecule has 0 aliphatic heterocycles. The van der Waals surface area contributed by atoms with E-state index in [1.54, 1.807) is 0 Å². The quantitative estimate of drug-likeness (QED) is 0.748. The Hall–Kier alpha value is -0.380. The molecule has 0 radical (unpaired) electrons. The third-order valence-electron chi connectivity index (χ3n) is 2.51. The van der Waals surface area contributed by atoms with Gasteiger partial charge in [-0.25, -0.2) is 0 Å². The molecule has 1 aromatic rings. The number of thiophene rings is 1. The first-order valence-electron chi connectivity index (χ1n) is 6.37. The summed E-state index contributed by atoms with van der Waals surface area (Å²) in [6.07, 6.45) is 1.11. The minimum absolute atomic E-state index is 0.367. The number of hydrogen-bond acceptors (Lipinski definition) is 3. The molecule has 1 N–H and O–H groups in total. The van der Waals surface area contributed by atoms with E-state index >= 15 is 0 Å². The molecule has 98 valence electrons. The van der Waals surface area contributed by atoms with Crippen molar-refractivity contribution in [2.24, 2.45) is 5.41 Å². The number of nitrogens with one attached hydrogen (secondary N) is 1. The molecule has 0 fully saturated rings. The van der Waals surface area contributed by atoms with Crippen LogP contribution >= 0.6 is 11.3 Å². The first-order valence-corrected chi connectivity index (χ1v) is 7.19. The van der Waals surface area contributed by atoms with Crippen molar-refractivity contribution in [3.63, 3.8) is 0 Å². The number of hydrogen-bond donors (Lipinski definition) is 1. The predicted molar refractivity (Wildman–Crippen MR) is 75.4 cm³/mol. The van der Waals surface area contributed by atoms with Crippen LogP contribution in [-0.2, 0) is 17.9 Å². The van der Waals surface area contributed by atoms with Gasteiger partial charge in [0.15, 0.2) is 0 Å². The van der Waals surface area contributed by atoms with Crippen LogP contribution in [-0.4, -0.2) is 13.2 Å². The van der Waals surface area contributed by atoms with Crippen molar-refractivity contribution in [3.8, 4) is 0 Å². The van der Waals surface area contributed by atoms with Crippen LogP contribution < -0.4 is 5.32 Å². The Kier molecular flexibility index (Phi) is 6.17. The fraction of sp³-hybridized carbons (Fsp3) is 0.714. The van der Waals surface area contributed by atoms with Crippen molar-refractivity contribution in [1.82, 2.24) is 5.32 Å². The Labute approximate surface area is 109 Å². The van der Waals surface area contributed by atoms with Crippen molar-refractivity contribution in [2.45, 2.75) is 47.3 Å². The van der Waals surface area contributed by atoms with E-state index in [1.165, 1.54) is 9.75 Å². The third kappa shape index (κ3) is 6.81. The lowest BCUT2D eigenvalue weighted by molar-refractivity contribution is 0.0980. The van der Waals surface area contributed by atoms with Gasteiger partial charge in [0.2, 0.25) is 0 Å². The molecule has 3 heteroatoms. The second-order valence-corrected chi connectivity index (χ2v) is 6.76. The molecule has 0 aromatic carbocycles. The summed E-state index contributed by atoms with van der Waals surface area (Å²) >= 11 is 1.84. The molecule has 1 rings (SSSR count). The standard InChI is InChI=1S/C14H25NOS/c1-5-15-10-12-6-7-13(17-12)11-16-9-8-14(2,3)4/h6-7,15H,5,8-11H2,1-4H3. The Bertz CT molecular complexity index is 314. The molecule has 0 saturated carbocycles. The van der Waals surface area contributed by atoms with Crippen LogP contribution in [0.1, 0.15) is 43.9 Å². The van der Waals surface area contributed by atoms with Crippen LogP contribution in [0, 0.1) is 5.41 Å². The normalized spacial score (nSPS) is 12.0. The van der Waals surface area contributed by atoms with Gasteiger partial charge in [0.25, 0.3) is 0 Å². The molecule has 0 spiro atoms. The zero-order chi connectivity index (χ0) is 12.7. The monoisotopic (exact) mass is 255 g/mol. The van der Waals surface area contributed by atoms with Gasteiger partial charge in [0.1, 0.15) is 0 Å². The van der Waals surface area contributed by atoms with Crippen LogP contribution in [0.15, 0.2) is 12.1 Å². The van der Waals surface area contributed by atoms with Crippen LogP contribution in [0.2, 0.25) is 0 Å². The predicted octanol–water partition coefficient (Wildman–Crippen LogP) is 3.81. The molecule has 0 unspecified atom stereocenters. The Morgan fingerprint density at radius 2 is 1.94 bits per heavy atom. The maximum atomic E-state index is 5.70. The summed E-state index contributed by atoms with van der Waals surface area (Å²) in [5.41, 5.74) is 0.367. The molecular weight excluding hydrogens is 230 g/mol. The summed E-state index contributed by atoms with van der Waals surface area (Å²) in [5, 5.41) is 3.33. The second kappa shape index (κ2) is 7.14. The maximum absolute atomic E-state index is 5.70. The van der Waals surface area contributed by atoms with E-state index in [1.807, 2.05) is 11.3 Å². The molecule has 0 amide bonds. The minimum Gasteiger partial charge on any atom is -0.376 e. The average molecular weight is 255 g/mol. The first kappa shape index (κ1) is 14.7. The lowest BCUT2D eigenvalue weighted by atomic mass is 9.93. The zero-order valence-corrected chi connectivity index (χ0v) is 12.3. The van der Waals surface area contributed by atoms with Gasteiger partial charge >= 0.3 is 0 Å². The van der Waals surface area contributed by atoms with Crippen molar-refractivity contribution in [3.05, 3.63) is 21.9 Å². The zero-order valence-electron chi connectivity index (χ0n) is 11.5. The molecule has 1 aromatic heterocycles. The van der Waals surface area contributed by atoms with Gasteiger partial charge in [0.05, 0.1) is 6.61 Å². The molecule has 0 saturated heterocycles. The summed E-state index contributed by atoms with van der Waals surface area (Å²) < 4.78 is 5.70. The maximum Gasteiger partial charge on any atom is 0.0809 e. The fourth-order valence-electron chi connectivity index (χ4n) is 1.39. The van der Waals surface area contributed by atoms with E-state index < -0.39 is 0 Å². The van der Waals surface area contributed by atoms with Crippen LogP contribution in [0.25, 0.3) is 0 Å². The molecule has 0 bridgehead atoms. The van der Waals surface area contributed by atoms with E-state index in [0.717, 1.165) is 32.7 Å². The highest BCUT2D eigenvalue weighted by Gasteiger charge is 2.09. The van der Waals surface area contributed by atoms with Crippen LogP contribution in [0.4, 0.5) is 0 Å². The van der Waals surface area contributed by atoms with Gasteiger partial charge in [-0.1, -0.05) is 27.7 Å². The summed E-state index contributed by atoms with van der Waals surface area (Å²) in [6, 6.07) is 4.37. The molecule has 0 aliphatic rings. The Morgan fingerprint density at radius 1 is 1.24 bits per heavy atom. The average Bonchev–Trinajstić information content (AvgIpc) is 2.68. The van der Waals surface area contributed by atoms with Gasteiger partial charge < -0.3 is 10.1 Å². The van der Waals surface area contributed by atoms with E-state index in [-0.39, 0.29) is 0 Å². The van der Waals surface area contributed by atoms with Crippen molar-refractivity contribution < 1.29 is 4.74 Å². The lowest BCUT2D eigenvalue weighted by Gasteiger charge is -2.17. The SMILES string of the molecule is CCNCc1ccc(COCCC(C)(C)C)s1. The highest BCUT2D eigenvalue weighted by atomic mass is 32.1. The summed E-state index contributed by atoms with van der Waals surface area (Å²) in [4.78, 5) is 2.72. The summed E-state index contributed by atoms with van der Waals surface area (Å²) in [5.74, 6) is 0. The molecule has 0 atom stereocenters.